The van der Waals surface area contributed by atoms with Gasteiger partial charge in [0.1, 0.15) is 5.78 Å². The topological polar surface area (TPSA) is 23.6 Å². The van der Waals surface area contributed by atoms with E-state index in [1.807, 2.05) is 0 Å². The molecule has 2 saturated heterocycles. The van der Waals surface area contributed by atoms with Crippen LogP contribution in [0.1, 0.15) is 25.7 Å². The lowest BCUT2D eigenvalue weighted by atomic mass is 10.0. The Kier molecular flexibility index (Phi) is 3.76. The number of carbonyl (C=O) groups is 1. The summed E-state index contributed by atoms with van der Waals surface area (Å²) < 4.78 is 0. The van der Waals surface area contributed by atoms with Gasteiger partial charge in [0, 0.05) is 26.1 Å². The Labute approximate surface area is 92.4 Å². The Morgan fingerprint density at radius 2 is 1.73 bits per heavy atom. The van der Waals surface area contributed by atoms with Crippen molar-refractivity contribution < 1.29 is 4.79 Å². The van der Waals surface area contributed by atoms with Gasteiger partial charge in [0.15, 0.2) is 0 Å². The molecule has 2 aliphatic heterocycles. The first kappa shape index (κ1) is 11.1. The maximum absolute atomic E-state index is 10.9. The third-order valence-corrected chi connectivity index (χ3v) is 3.61. The van der Waals surface area contributed by atoms with Crippen LogP contribution in [0, 0.1) is 6.92 Å². The third-order valence-electron chi connectivity index (χ3n) is 3.61. The van der Waals surface area contributed by atoms with Gasteiger partial charge in [-0.05, 0) is 38.8 Å². The monoisotopic (exact) mass is 209 g/mol. The molecular formula is C12H21N2O. The largest absolute Gasteiger partial charge is 0.300 e. The Morgan fingerprint density at radius 3 is 2.27 bits per heavy atom. The lowest BCUT2D eigenvalue weighted by Crippen LogP contribution is -2.44. The van der Waals surface area contributed by atoms with Crippen LogP contribution in [0.5, 0.6) is 0 Å². The highest BCUT2D eigenvalue weighted by molar-refractivity contribution is 5.84. The zero-order chi connectivity index (χ0) is 10.7. The van der Waals surface area contributed by atoms with Crippen molar-refractivity contribution in [2.75, 3.05) is 32.7 Å². The second kappa shape index (κ2) is 5.08. The summed E-state index contributed by atoms with van der Waals surface area (Å²) in [5.74, 6) is 0.0506. The summed E-state index contributed by atoms with van der Waals surface area (Å²) in [6.45, 7) is 8.71. The fourth-order valence-electron chi connectivity index (χ4n) is 2.80. The molecule has 85 valence electrons. The zero-order valence-corrected chi connectivity index (χ0v) is 9.45. The molecule has 3 nitrogen and oxygen atoms in total. The van der Waals surface area contributed by atoms with E-state index in [-0.39, 0.29) is 5.78 Å². The Hall–Kier alpha value is -0.410. The molecule has 2 aliphatic rings. The summed E-state index contributed by atoms with van der Waals surface area (Å²) in [6, 6.07) is 0.781. The van der Waals surface area contributed by atoms with Crippen molar-refractivity contribution >= 4 is 5.78 Å². The molecule has 0 unspecified atom stereocenters. The van der Waals surface area contributed by atoms with Gasteiger partial charge in [-0.3, -0.25) is 9.69 Å². The van der Waals surface area contributed by atoms with Gasteiger partial charge in [0.25, 0.3) is 0 Å². The van der Waals surface area contributed by atoms with E-state index in [4.69, 9.17) is 0 Å². The van der Waals surface area contributed by atoms with Crippen molar-refractivity contribution in [1.82, 2.24) is 9.80 Å². The molecule has 3 heteroatoms. The van der Waals surface area contributed by atoms with Crippen molar-refractivity contribution in [2.45, 2.75) is 31.7 Å². The average molecular weight is 209 g/mol. The highest BCUT2D eigenvalue weighted by atomic mass is 16.1. The van der Waals surface area contributed by atoms with E-state index in [2.05, 4.69) is 16.7 Å². The molecule has 2 fully saturated rings. The molecule has 0 aliphatic carbocycles. The normalized spacial score (nSPS) is 25.9. The number of nitrogens with zero attached hydrogens (tertiary/aromatic N) is 2. The molecule has 0 bridgehead atoms. The number of ketones is 1. The molecule has 0 aromatic heterocycles. The molecule has 15 heavy (non-hydrogen) atoms. The van der Waals surface area contributed by atoms with E-state index >= 15 is 0 Å². The Bertz CT molecular complexity index is 216. The van der Waals surface area contributed by atoms with E-state index < -0.39 is 0 Å². The molecule has 2 heterocycles. The van der Waals surface area contributed by atoms with Gasteiger partial charge in [0.2, 0.25) is 0 Å². The van der Waals surface area contributed by atoms with Gasteiger partial charge in [-0.25, -0.2) is 0 Å². The van der Waals surface area contributed by atoms with Gasteiger partial charge in [-0.15, -0.1) is 0 Å². The third kappa shape index (κ3) is 3.02. The lowest BCUT2D eigenvalue weighted by Gasteiger charge is -2.36. The fraction of sp³-hybridized carbons (Fsp3) is 0.833. The van der Waals surface area contributed by atoms with Crippen LogP contribution in [0.3, 0.4) is 0 Å². The van der Waals surface area contributed by atoms with E-state index in [9.17, 15) is 4.79 Å². The summed E-state index contributed by atoms with van der Waals surface area (Å²) in [5, 5.41) is 0. The van der Waals surface area contributed by atoms with Gasteiger partial charge >= 0.3 is 0 Å². The highest BCUT2D eigenvalue weighted by Gasteiger charge is 2.26. The zero-order valence-electron chi connectivity index (χ0n) is 9.45. The lowest BCUT2D eigenvalue weighted by molar-refractivity contribution is -0.116. The standard InChI is InChI=1S/C12H21N2O/c1-11(15)10-13-8-4-12(5-9-13)14-6-2-3-7-14/h12H,1-10H2. The van der Waals surface area contributed by atoms with E-state index in [1.165, 1.54) is 38.8 Å². The molecule has 0 spiro atoms. The number of hydrogen-bond acceptors (Lipinski definition) is 3. The number of piperidine rings is 1. The van der Waals surface area contributed by atoms with Crippen LogP contribution in [0.4, 0.5) is 0 Å². The quantitative estimate of drug-likeness (QED) is 0.691. The predicted octanol–water partition coefficient (Wildman–Crippen LogP) is 0.950. The first-order valence-corrected chi connectivity index (χ1v) is 6.07. The summed E-state index contributed by atoms with van der Waals surface area (Å²) in [7, 11) is 0. The van der Waals surface area contributed by atoms with Crippen LogP contribution in [-0.4, -0.2) is 54.3 Å². The van der Waals surface area contributed by atoms with Crippen LogP contribution in [0.25, 0.3) is 0 Å². The molecular weight excluding hydrogens is 188 g/mol. The SMILES string of the molecule is [CH2]C(=O)CN1CCC(N2CCCC2)CC1. The van der Waals surface area contributed by atoms with Crippen molar-refractivity contribution in [3.05, 3.63) is 6.92 Å². The molecule has 0 aromatic carbocycles. The Balaban J connectivity index is 1.73. The number of hydrogen-bond donors (Lipinski definition) is 0. The van der Waals surface area contributed by atoms with Gasteiger partial charge in [-0.1, -0.05) is 0 Å². The molecule has 1 radical (unpaired) electrons. The molecule has 0 saturated carbocycles. The summed E-state index contributed by atoms with van der Waals surface area (Å²) in [4.78, 5) is 15.8. The maximum Gasteiger partial charge on any atom is 0.147 e. The molecule has 0 N–H and O–H groups in total. The first-order valence-electron chi connectivity index (χ1n) is 6.07. The summed E-state index contributed by atoms with van der Waals surface area (Å²) in [6.07, 6.45) is 5.20. The van der Waals surface area contributed by atoms with Crippen LogP contribution < -0.4 is 0 Å². The second-order valence-electron chi connectivity index (χ2n) is 4.79. The number of likely N-dealkylation sites (tertiary alicyclic amines) is 2. The van der Waals surface area contributed by atoms with Crippen molar-refractivity contribution in [1.29, 1.82) is 0 Å². The first-order chi connectivity index (χ1) is 7.25. The fourth-order valence-corrected chi connectivity index (χ4v) is 2.80. The Morgan fingerprint density at radius 1 is 1.13 bits per heavy atom. The number of carbonyl (C=O) groups excluding carboxylic acids is 1. The molecule has 0 aromatic rings. The highest BCUT2D eigenvalue weighted by Crippen LogP contribution is 2.20. The molecule has 0 amide bonds. The van der Waals surface area contributed by atoms with Crippen molar-refractivity contribution in [2.24, 2.45) is 0 Å². The van der Waals surface area contributed by atoms with Crippen molar-refractivity contribution in [3.8, 4) is 0 Å². The smallest absolute Gasteiger partial charge is 0.147 e. The minimum Gasteiger partial charge on any atom is -0.300 e. The maximum atomic E-state index is 10.9. The minimum atomic E-state index is 0.0506. The van der Waals surface area contributed by atoms with Gasteiger partial charge in [0.05, 0.1) is 6.54 Å². The number of rotatable bonds is 3. The average Bonchev–Trinajstić information content (AvgIpc) is 2.71. The van der Waals surface area contributed by atoms with E-state index in [0.717, 1.165) is 19.1 Å². The minimum absolute atomic E-state index is 0.0506. The molecule has 2 rings (SSSR count). The molecule has 0 atom stereocenters. The van der Waals surface area contributed by atoms with E-state index in [1.54, 1.807) is 0 Å². The van der Waals surface area contributed by atoms with Crippen LogP contribution in [-0.2, 0) is 4.79 Å². The second-order valence-corrected chi connectivity index (χ2v) is 4.79. The van der Waals surface area contributed by atoms with Gasteiger partial charge in [-0.2, -0.15) is 0 Å². The van der Waals surface area contributed by atoms with E-state index in [0.29, 0.717) is 6.54 Å². The van der Waals surface area contributed by atoms with Crippen LogP contribution in [0.15, 0.2) is 0 Å². The van der Waals surface area contributed by atoms with Crippen LogP contribution >= 0.6 is 0 Å². The summed E-state index contributed by atoms with van der Waals surface area (Å²) >= 11 is 0. The predicted molar refractivity (Wildman–Crippen MR) is 60.6 cm³/mol. The van der Waals surface area contributed by atoms with Crippen molar-refractivity contribution in [3.63, 3.8) is 0 Å². The summed E-state index contributed by atoms with van der Waals surface area (Å²) in [5.41, 5.74) is 0. The number of Topliss-reactive ketones (excluding diaryl/α,β-unsaturated/α-hetero) is 1. The van der Waals surface area contributed by atoms with Crippen LogP contribution in [0.2, 0.25) is 0 Å². The van der Waals surface area contributed by atoms with Gasteiger partial charge < -0.3 is 4.90 Å².